The van der Waals surface area contributed by atoms with E-state index in [0.29, 0.717) is 12.1 Å². The summed E-state index contributed by atoms with van der Waals surface area (Å²) in [5.74, 6) is 0.622. The molecule has 3 aromatic carbocycles. The molecule has 0 fully saturated rings. The highest BCUT2D eigenvalue weighted by Crippen LogP contribution is 2.41. The number of carbonyl (C=O) groups excluding carboxylic acids is 1. The third kappa shape index (κ3) is 5.73. The average molecular weight is 661 g/mol. The lowest BCUT2D eigenvalue weighted by Gasteiger charge is -2.15. The van der Waals surface area contributed by atoms with Gasteiger partial charge in [0, 0.05) is 26.8 Å². The van der Waals surface area contributed by atoms with Crippen LogP contribution in [-0.2, 0) is 19.4 Å². The number of nitrogens with one attached hydrogen (secondary N) is 1. The highest BCUT2D eigenvalue weighted by atomic mass is 79.9. The molecule has 218 valence electrons. The lowest BCUT2D eigenvalue weighted by Crippen LogP contribution is -2.23. The molecule has 44 heavy (non-hydrogen) atoms. The number of halogens is 1. The molecule has 0 saturated heterocycles. The maximum Gasteiger partial charge on any atom is 0.255 e. The number of furan rings is 1. The largest absolute Gasteiger partial charge is 0.467 e. The van der Waals surface area contributed by atoms with Crippen LogP contribution in [0.2, 0.25) is 0 Å². The molecule has 0 radical (unpaired) electrons. The maximum absolute atomic E-state index is 13.6. The molecule has 1 amide bonds. The summed E-state index contributed by atoms with van der Waals surface area (Å²) in [5, 5.41) is 3.82. The van der Waals surface area contributed by atoms with Crippen LogP contribution in [0.15, 0.2) is 123 Å². The first-order valence-electron chi connectivity index (χ1n) is 14.8. The van der Waals surface area contributed by atoms with Gasteiger partial charge < -0.3 is 14.3 Å². The Balaban J connectivity index is 1.37. The zero-order chi connectivity index (χ0) is 29.9. The molecule has 0 aliphatic heterocycles. The molecular weight excluding hydrogens is 630 g/mol. The van der Waals surface area contributed by atoms with E-state index in [-0.39, 0.29) is 5.91 Å². The second kappa shape index (κ2) is 12.6. The predicted molar refractivity (Wildman–Crippen MR) is 182 cm³/mol. The molecule has 0 saturated carbocycles. The minimum atomic E-state index is -0.103. The van der Waals surface area contributed by atoms with E-state index in [4.69, 9.17) is 9.41 Å². The van der Waals surface area contributed by atoms with Crippen molar-refractivity contribution in [3.8, 4) is 28.2 Å². The van der Waals surface area contributed by atoms with Crippen molar-refractivity contribution >= 4 is 44.4 Å². The average Bonchev–Trinajstić information content (AvgIpc) is 3.81. The maximum atomic E-state index is 13.6. The summed E-state index contributed by atoms with van der Waals surface area (Å²) in [4.78, 5) is 20.0. The van der Waals surface area contributed by atoms with Crippen LogP contribution in [0.3, 0.4) is 0 Å². The van der Waals surface area contributed by atoms with Gasteiger partial charge in [-0.2, -0.15) is 0 Å². The Bertz CT molecular complexity index is 1920. The first-order chi connectivity index (χ1) is 21.7. The molecule has 3 heterocycles. The first kappa shape index (κ1) is 28.3. The van der Waals surface area contributed by atoms with Crippen molar-refractivity contribution in [2.45, 2.75) is 32.2 Å². The number of thiophene rings is 1. The summed E-state index contributed by atoms with van der Waals surface area (Å²) in [7, 11) is 0. The van der Waals surface area contributed by atoms with Gasteiger partial charge in [0.2, 0.25) is 0 Å². The number of carbonyl (C=O) groups is 1. The lowest BCUT2D eigenvalue weighted by molar-refractivity contribution is 0.0948. The van der Waals surface area contributed by atoms with Crippen LogP contribution in [0.5, 0.6) is 0 Å². The molecule has 7 rings (SSSR count). The summed E-state index contributed by atoms with van der Waals surface area (Å²) in [6.07, 6.45) is 7.67. The molecular formula is C37H30BrN3O2S. The van der Waals surface area contributed by atoms with Gasteiger partial charge in [-0.15, -0.1) is 11.3 Å². The number of hydrogen-bond acceptors (Lipinski definition) is 4. The number of amides is 1. The summed E-state index contributed by atoms with van der Waals surface area (Å²) in [6.45, 7) is 0.342. The quantitative estimate of drug-likeness (QED) is 0.165. The van der Waals surface area contributed by atoms with E-state index in [1.165, 1.54) is 4.88 Å². The number of fused-ring (bicyclic) bond motifs is 1. The van der Waals surface area contributed by atoms with E-state index in [9.17, 15) is 4.79 Å². The topological polar surface area (TPSA) is 59.5 Å². The number of aryl methyl sites for hydroxylation is 1. The number of benzene rings is 3. The second-order valence-electron chi connectivity index (χ2n) is 10.8. The van der Waals surface area contributed by atoms with Crippen LogP contribution in [-0.4, -0.2) is 16.7 Å². The number of aromatic nitrogens is 1. The van der Waals surface area contributed by atoms with Gasteiger partial charge in [-0.1, -0.05) is 76.6 Å². The van der Waals surface area contributed by atoms with Crippen LogP contribution in [0.25, 0.3) is 28.2 Å². The lowest BCUT2D eigenvalue weighted by atomic mass is 9.95. The van der Waals surface area contributed by atoms with E-state index >= 15 is 0 Å². The standard InChI is InChI=1S/C37H30BrN3O2S/c38-28-17-19-29(20-18-28)41-32(25-10-3-1-4-11-25)22-27(35(41)26-12-5-2-6-13-26)23-40-37-34(31-15-7-8-16-33(31)44-37)36(42)39-24-30-14-9-21-43-30/h1-6,9-14,17-23H,7-8,15-16,24H2,(H,39,42). The van der Waals surface area contributed by atoms with E-state index < -0.39 is 0 Å². The summed E-state index contributed by atoms with van der Waals surface area (Å²) in [5.41, 5.74) is 8.17. The fourth-order valence-corrected chi connectivity index (χ4v) is 7.37. The Labute approximate surface area is 269 Å². The molecule has 3 aromatic heterocycles. The number of aliphatic imine (C=N–C) groups is 1. The van der Waals surface area contributed by atoms with Crippen molar-refractivity contribution in [1.29, 1.82) is 0 Å². The highest BCUT2D eigenvalue weighted by molar-refractivity contribution is 9.10. The van der Waals surface area contributed by atoms with Crippen molar-refractivity contribution in [1.82, 2.24) is 9.88 Å². The SMILES string of the molecule is O=C(NCc1ccco1)c1c(N=Cc2cc(-c3ccccc3)n(-c3ccc(Br)cc3)c2-c2ccccc2)sc2c1CCCC2. The first-order valence-corrected chi connectivity index (χ1v) is 16.4. The van der Waals surface area contributed by atoms with E-state index in [1.807, 2.05) is 30.5 Å². The van der Waals surface area contributed by atoms with E-state index in [2.05, 4.69) is 105 Å². The van der Waals surface area contributed by atoms with Crippen LogP contribution in [0.4, 0.5) is 5.00 Å². The highest BCUT2D eigenvalue weighted by Gasteiger charge is 2.26. The van der Waals surface area contributed by atoms with Gasteiger partial charge in [-0.25, -0.2) is 4.99 Å². The van der Waals surface area contributed by atoms with Crippen molar-refractivity contribution in [3.63, 3.8) is 0 Å². The van der Waals surface area contributed by atoms with Crippen LogP contribution in [0.1, 0.15) is 45.0 Å². The van der Waals surface area contributed by atoms with Crippen LogP contribution >= 0.6 is 27.3 Å². The van der Waals surface area contributed by atoms with Gasteiger partial charge in [-0.05, 0) is 84.8 Å². The van der Waals surface area contributed by atoms with Crippen molar-refractivity contribution in [2.24, 2.45) is 4.99 Å². The second-order valence-corrected chi connectivity index (χ2v) is 12.8. The predicted octanol–water partition coefficient (Wildman–Crippen LogP) is 9.79. The third-order valence-electron chi connectivity index (χ3n) is 7.94. The molecule has 6 aromatic rings. The molecule has 5 nitrogen and oxygen atoms in total. The zero-order valence-corrected chi connectivity index (χ0v) is 26.4. The van der Waals surface area contributed by atoms with Gasteiger partial charge in [0.1, 0.15) is 10.8 Å². The molecule has 1 N–H and O–H groups in total. The number of nitrogens with zero attached hydrogens (tertiary/aromatic N) is 2. The monoisotopic (exact) mass is 659 g/mol. The Morgan fingerprint density at radius 2 is 1.64 bits per heavy atom. The van der Waals surface area contributed by atoms with Gasteiger partial charge in [0.15, 0.2) is 0 Å². The number of rotatable bonds is 8. The minimum absolute atomic E-state index is 0.103. The van der Waals surface area contributed by atoms with Crippen molar-refractivity contribution in [3.05, 3.63) is 141 Å². The minimum Gasteiger partial charge on any atom is -0.467 e. The summed E-state index contributed by atoms with van der Waals surface area (Å²) in [6, 6.07) is 35.1. The molecule has 0 atom stereocenters. The van der Waals surface area contributed by atoms with Crippen LogP contribution < -0.4 is 5.32 Å². The van der Waals surface area contributed by atoms with Gasteiger partial charge in [-0.3, -0.25) is 4.79 Å². The zero-order valence-electron chi connectivity index (χ0n) is 24.0. The molecule has 7 heteroatoms. The molecule has 0 unspecified atom stereocenters. The fourth-order valence-electron chi connectivity index (χ4n) is 5.87. The van der Waals surface area contributed by atoms with Gasteiger partial charge in [0.25, 0.3) is 5.91 Å². The summed E-state index contributed by atoms with van der Waals surface area (Å²) >= 11 is 5.24. The smallest absolute Gasteiger partial charge is 0.255 e. The Morgan fingerprint density at radius 3 is 2.36 bits per heavy atom. The van der Waals surface area contributed by atoms with Crippen molar-refractivity contribution < 1.29 is 9.21 Å². The Kier molecular flexibility index (Phi) is 8.14. The van der Waals surface area contributed by atoms with Gasteiger partial charge in [0.05, 0.1) is 29.8 Å². The molecule has 1 aliphatic rings. The Hall–Kier alpha value is -4.46. The fraction of sp³-hybridized carbons (Fsp3) is 0.135. The van der Waals surface area contributed by atoms with Crippen molar-refractivity contribution in [2.75, 3.05) is 0 Å². The molecule has 0 bridgehead atoms. The third-order valence-corrected chi connectivity index (χ3v) is 9.66. The van der Waals surface area contributed by atoms with Crippen LogP contribution in [0, 0.1) is 0 Å². The molecule has 1 aliphatic carbocycles. The van der Waals surface area contributed by atoms with Gasteiger partial charge >= 0.3 is 0 Å². The normalized spacial score (nSPS) is 12.8. The Morgan fingerprint density at radius 1 is 0.909 bits per heavy atom. The summed E-state index contributed by atoms with van der Waals surface area (Å²) < 4.78 is 8.78. The van der Waals surface area contributed by atoms with E-state index in [0.717, 1.165) is 80.2 Å². The molecule has 0 spiro atoms. The number of hydrogen-bond donors (Lipinski definition) is 1. The van der Waals surface area contributed by atoms with E-state index in [1.54, 1.807) is 17.6 Å².